The number of hydrogen-bond acceptors (Lipinski definition) is 4. The third kappa shape index (κ3) is 4.09. The molecule has 0 aromatic carbocycles. The maximum atomic E-state index is 12.6. The van der Waals surface area contributed by atoms with Gasteiger partial charge < -0.3 is 0 Å². The standard InChI is InChI=1S/C16H27N3O4/c1-6-8-10-12(20)18-14(22)17(16(3,4)5)15(23)19(18)13(21)11-9-7-2/h6-11H2,1-5H3. The summed E-state index contributed by atoms with van der Waals surface area (Å²) in [6.45, 7) is 8.93. The van der Waals surface area contributed by atoms with Crippen LogP contribution in [0.5, 0.6) is 0 Å². The van der Waals surface area contributed by atoms with Gasteiger partial charge in [0.05, 0.1) is 0 Å². The van der Waals surface area contributed by atoms with Crippen LogP contribution in [0, 0.1) is 0 Å². The van der Waals surface area contributed by atoms with Crippen LogP contribution in [0.2, 0.25) is 0 Å². The average Bonchev–Trinajstić information content (AvgIpc) is 2.72. The third-order valence-electron chi connectivity index (χ3n) is 3.58. The van der Waals surface area contributed by atoms with Crippen LogP contribution in [0.15, 0.2) is 9.59 Å². The first-order valence-electron chi connectivity index (χ1n) is 8.20. The molecule has 1 rings (SSSR count). The van der Waals surface area contributed by atoms with Crippen LogP contribution in [-0.2, 0) is 5.54 Å². The van der Waals surface area contributed by atoms with Gasteiger partial charge in [-0.25, -0.2) is 14.2 Å². The molecule has 0 saturated heterocycles. The molecular weight excluding hydrogens is 298 g/mol. The monoisotopic (exact) mass is 325 g/mol. The maximum Gasteiger partial charge on any atom is 0.355 e. The first-order chi connectivity index (χ1) is 10.7. The molecule has 1 aromatic heterocycles. The van der Waals surface area contributed by atoms with E-state index in [0.29, 0.717) is 12.8 Å². The van der Waals surface area contributed by atoms with Crippen LogP contribution in [0.25, 0.3) is 0 Å². The Bertz CT molecular complexity index is 634. The molecule has 0 atom stereocenters. The Morgan fingerprint density at radius 2 is 1.17 bits per heavy atom. The van der Waals surface area contributed by atoms with E-state index in [0.717, 1.165) is 26.8 Å². The van der Waals surface area contributed by atoms with Crippen molar-refractivity contribution >= 4 is 11.8 Å². The summed E-state index contributed by atoms with van der Waals surface area (Å²) >= 11 is 0. The molecule has 1 aromatic rings. The molecule has 0 bridgehead atoms. The van der Waals surface area contributed by atoms with Crippen molar-refractivity contribution in [3.63, 3.8) is 0 Å². The topological polar surface area (TPSA) is 83.1 Å². The fourth-order valence-electron chi connectivity index (χ4n) is 2.32. The summed E-state index contributed by atoms with van der Waals surface area (Å²) in [5.74, 6) is -1.02. The van der Waals surface area contributed by atoms with Gasteiger partial charge in [0.1, 0.15) is 0 Å². The van der Waals surface area contributed by atoms with Gasteiger partial charge in [0.15, 0.2) is 0 Å². The highest BCUT2D eigenvalue weighted by molar-refractivity contribution is 5.84. The van der Waals surface area contributed by atoms with Crippen molar-refractivity contribution in [3.05, 3.63) is 21.0 Å². The predicted molar refractivity (Wildman–Crippen MR) is 88.3 cm³/mol. The molecule has 7 nitrogen and oxygen atoms in total. The van der Waals surface area contributed by atoms with E-state index < -0.39 is 28.7 Å². The highest BCUT2D eigenvalue weighted by atomic mass is 16.2. The minimum absolute atomic E-state index is 0.130. The van der Waals surface area contributed by atoms with Gasteiger partial charge in [-0.1, -0.05) is 26.7 Å². The Hall–Kier alpha value is -1.92. The molecule has 0 spiro atoms. The minimum atomic E-state index is -0.808. The van der Waals surface area contributed by atoms with Gasteiger partial charge >= 0.3 is 11.4 Å². The molecule has 130 valence electrons. The first kappa shape index (κ1) is 19.1. The lowest BCUT2D eigenvalue weighted by atomic mass is 10.1. The Balaban J connectivity index is 3.52. The predicted octanol–water partition coefficient (Wildman–Crippen LogP) is 2.23. The van der Waals surface area contributed by atoms with Crippen LogP contribution in [0.4, 0.5) is 0 Å². The van der Waals surface area contributed by atoms with E-state index in [2.05, 4.69) is 0 Å². The van der Waals surface area contributed by atoms with Crippen molar-refractivity contribution in [1.29, 1.82) is 0 Å². The molecule has 0 aliphatic heterocycles. The lowest BCUT2D eigenvalue weighted by molar-refractivity contribution is 0.0772. The zero-order valence-corrected chi connectivity index (χ0v) is 14.7. The molecule has 0 radical (unpaired) electrons. The summed E-state index contributed by atoms with van der Waals surface area (Å²) in [5, 5.41) is 0. The highest BCUT2D eigenvalue weighted by Crippen LogP contribution is 2.09. The third-order valence-corrected chi connectivity index (χ3v) is 3.58. The number of nitrogens with zero attached hydrogens (tertiary/aromatic N) is 3. The number of unbranched alkanes of at least 4 members (excludes halogenated alkanes) is 2. The lowest BCUT2D eigenvalue weighted by Crippen LogP contribution is -2.41. The fraction of sp³-hybridized carbons (Fsp3) is 0.750. The van der Waals surface area contributed by atoms with Crippen molar-refractivity contribution in [2.75, 3.05) is 0 Å². The van der Waals surface area contributed by atoms with Crippen LogP contribution >= 0.6 is 0 Å². The Labute approximate surface area is 135 Å². The fourth-order valence-corrected chi connectivity index (χ4v) is 2.32. The zero-order chi connectivity index (χ0) is 17.8. The normalized spacial score (nSPS) is 11.7. The van der Waals surface area contributed by atoms with Gasteiger partial charge in [-0.2, -0.15) is 9.36 Å². The molecule has 23 heavy (non-hydrogen) atoms. The van der Waals surface area contributed by atoms with Gasteiger partial charge in [-0.05, 0) is 33.6 Å². The van der Waals surface area contributed by atoms with E-state index in [1.54, 1.807) is 20.8 Å². The highest BCUT2D eigenvalue weighted by Gasteiger charge is 2.29. The van der Waals surface area contributed by atoms with E-state index >= 15 is 0 Å². The molecule has 1 heterocycles. The summed E-state index contributed by atoms with van der Waals surface area (Å²) in [5.41, 5.74) is -2.29. The zero-order valence-electron chi connectivity index (χ0n) is 14.7. The number of carbonyl (C=O) groups is 2. The summed E-state index contributed by atoms with van der Waals surface area (Å²) in [7, 11) is 0. The van der Waals surface area contributed by atoms with Gasteiger partial charge in [0, 0.05) is 18.4 Å². The quantitative estimate of drug-likeness (QED) is 0.803. The van der Waals surface area contributed by atoms with E-state index in [4.69, 9.17) is 0 Å². The van der Waals surface area contributed by atoms with Crippen LogP contribution in [0.1, 0.15) is 82.7 Å². The number of hydrogen-bond donors (Lipinski definition) is 0. The maximum absolute atomic E-state index is 12.6. The Kier molecular flexibility index (Phi) is 6.29. The lowest BCUT2D eigenvalue weighted by Gasteiger charge is -2.17. The van der Waals surface area contributed by atoms with Crippen molar-refractivity contribution in [1.82, 2.24) is 13.9 Å². The van der Waals surface area contributed by atoms with Gasteiger partial charge in [-0.15, -0.1) is 0 Å². The largest absolute Gasteiger partial charge is 0.355 e. The molecule has 0 fully saturated rings. The summed E-state index contributed by atoms with van der Waals surface area (Å²) in [6, 6.07) is 0. The van der Waals surface area contributed by atoms with Gasteiger partial charge in [-0.3, -0.25) is 9.59 Å². The average molecular weight is 325 g/mol. The molecular formula is C16H27N3O4. The summed E-state index contributed by atoms with van der Waals surface area (Å²) in [4.78, 5) is 49.9. The number of carbonyl (C=O) groups excluding carboxylic acids is 2. The van der Waals surface area contributed by atoms with Crippen molar-refractivity contribution < 1.29 is 9.59 Å². The molecule has 0 aliphatic rings. The number of aromatic nitrogens is 3. The molecule has 0 saturated carbocycles. The van der Waals surface area contributed by atoms with Crippen molar-refractivity contribution in [3.8, 4) is 0 Å². The van der Waals surface area contributed by atoms with E-state index in [9.17, 15) is 19.2 Å². The number of rotatable bonds is 6. The SMILES string of the molecule is CCCCC(=O)n1c(=O)n(C(C)(C)C)c(=O)n1C(=O)CCCC. The second-order valence-corrected chi connectivity index (χ2v) is 6.69. The molecule has 0 N–H and O–H groups in total. The Morgan fingerprint density at radius 1 is 0.826 bits per heavy atom. The van der Waals surface area contributed by atoms with Gasteiger partial charge in [0.2, 0.25) is 11.8 Å². The molecule has 0 amide bonds. The molecule has 7 heteroatoms. The second kappa shape index (κ2) is 7.57. The van der Waals surface area contributed by atoms with Crippen LogP contribution in [0.3, 0.4) is 0 Å². The van der Waals surface area contributed by atoms with Gasteiger partial charge in [0.25, 0.3) is 0 Å². The van der Waals surface area contributed by atoms with Crippen LogP contribution < -0.4 is 11.4 Å². The van der Waals surface area contributed by atoms with E-state index in [1.807, 2.05) is 13.8 Å². The van der Waals surface area contributed by atoms with Crippen molar-refractivity contribution in [2.45, 2.75) is 78.7 Å². The molecule has 0 unspecified atom stereocenters. The molecule has 0 aliphatic carbocycles. The summed E-state index contributed by atoms with van der Waals surface area (Å²) < 4.78 is 2.42. The summed E-state index contributed by atoms with van der Waals surface area (Å²) in [6.07, 6.45) is 3.03. The Morgan fingerprint density at radius 3 is 1.43 bits per heavy atom. The van der Waals surface area contributed by atoms with E-state index in [1.165, 1.54) is 0 Å². The first-order valence-corrected chi connectivity index (χ1v) is 8.20. The van der Waals surface area contributed by atoms with E-state index in [-0.39, 0.29) is 12.8 Å². The van der Waals surface area contributed by atoms with Crippen LogP contribution in [-0.4, -0.2) is 25.7 Å². The smallest absolute Gasteiger partial charge is 0.272 e. The van der Waals surface area contributed by atoms with Crippen molar-refractivity contribution in [2.24, 2.45) is 0 Å². The minimum Gasteiger partial charge on any atom is -0.272 e. The second-order valence-electron chi connectivity index (χ2n) is 6.69.